The van der Waals surface area contributed by atoms with Crippen molar-refractivity contribution in [1.82, 2.24) is 14.8 Å². The zero-order valence-electron chi connectivity index (χ0n) is 13.0. The number of aryl methyl sites for hydroxylation is 1. The lowest BCUT2D eigenvalue weighted by atomic mass is 10.2. The molecule has 0 spiro atoms. The van der Waals surface area contributed by atoms with Gasteiger partial charge >= 0.3 is 0 Å². The van der Waals surface area contributed by atoms with E-state index in [0.717, 1.165) is 23.4 Å². The van der Waals surface area contributed by atoms with Crippen LogP contribution >= 0.6 is 11.3 Å². The summed E-state index contributed by atoms with van der Waals surface area (Å²) >= 11 is 1.42. The second-order valence-corrected chi connectivity index (χ2v) is 8.54. The highest BCUT2D eigenvalue weighted by Crippen LogP contribution is 2.46. The van der Waals surface area contributed by atoms with Crippen molar-refractivity contribution in [2.75, 3.05) is 4.72 Å². The van der Waals surface area contributed by atoms with Gasteiger partial charge in [-0.05, 0) is 12.8 Å². The molecule has 0 radical (unpaired) electrons. The second-order valence-electron chi connectivity index (χ2n) is 5.83. The van der Waals surface area contributed by atoms with Crippen LogP contribution in [0.1, 0.15) is 23.8 Å². The van der Waals surface area contributed by atoms with Crippen molar-refractivity contribution in [3.63, 3.8) is 0 Å². The molecule has 0 aliphatic heterocycles. The van der Waals surface area contributed by atoms with Crippen LogP contribution in [0.2, 0.25) is 0 Å². The molecule has 24 heavy (non-hydrogen) atoms. The van der Waals surface area contributed by atoms with Crippen LogP contribution in [0.15, 0.2) is 47.6 Å². The van der Waals surface area contributed by atoms with E-state index < -0.39 is 10.0 Å². The molecule has 1 aliphatic rings. The molecule has 0 unspecified atom stereocenters. The van der Waals surface area contributed by atoms with Crippen LogP contribution in [0.3, 0.4) is 0 Å². The van der Waals surface area contributed by atoms with Gasteiger partial charge in [-0.15, -0.1) is 0 Å². The molecule has 1 N–H and O–H groups in total. The minimum absolute atomic E-state index is 0.144. The number of aromatic nitrogens is 3. The highest BCUT2D eigenvalue weighted by Gasteiger charge is 2.30. The molecule has 0 bridgehead atoms. The van der Waals surface area contributed by atoms with Gasteiger partial charge in [0.25, 0.3) is 10.0 Å². The summed E-state index contributed by atoms with van der Waals surface area (Å²) in [4.78, 5) is 4.84. The van der Waals surface area contributed by atoms with Crippen LogP contribution in [0, 0.1) is 0 Å². The van der Waals surface area contributed by atoms with Gasteiger partial charge in [0.1, 0.15) is 15.6 Å². The van der Waals surface area contributed by atoms with E-state index >= 15 is 0 Å². The maximum atomic E-state index is 12.6. The Morgan fingerprint density at radius 3 is 2.62 bits per heavy atom. The fourth-order valence-electron chi connectivity index (χ4n) is 2.42. The van der Waals surface area contributed by atoms with Gasteiger partial charge in [-0.2, -0.15) is 5.10 Å². The number of nitrogens with zero attached hydrogens (tertiary/aromatic N) is 3. The maximum absolute atomic E-state index is 12.6. The topological polar surface area (TPSA) is 76.9 Å². The zero-order chi connectivity index (χ0) is 16.7. The third-order valence-electron chi connectivity index (χ3n) is 3.84. The summed E-state index contributed by atoms with van der Waals surface area (Å²) in [5.74, 6) is 0.467. The summed E-state index contributed by atoms with van der Waals surface area (Å²) in [7, 11) is -1.99. The summed E-state index contributed by atoms with van der Waals surface area (Å²) in [6.45, 7) is 0. The Morgan fingerprint density at radius 2 is 2.00 bits per heavy atom. The smallest absolute Gasteiger partial charge is 0.265 e. The molecule has 2 aromatic heterocycles. The summed E-state index contributed by atoms with van der Waals surface area (Å²) in [5, 5.41) is 5.49. The molecule has 2 heterocycles. The van der Waals surface area contributed by atoms with E-state index in [4.69, 9.17) is 4.98 Å². The normalized spacial score (nSPS) is 14.7. The fraction of sp³-hybridized carbons (Fsp3) is 0.250. The molecule has 3 aromatic rings. The van der Waals surface area contributed by atoms with Gasteiger partial charge in [0.05, 0.1) is 11.2 Å². The Bertz CT molecular complexity index is 973. The van der Waals surface area contributed by atoms with Crippen LogP contribution in [-0.4, -0.2) is 23.2 Å². The Morgan fingerprint density at radius 1 is 1.25 bits per heavy atom. The number of benzene rings is 1. The van der Waals surface area contributed by atoms with E-state index in [9.17, 15) is 8.42 Å². The summed E-state index contributed by atoms with van der Waals surface area (Å²) < 4.78 is 29.4. The van der Waals surface area contributed by atoms with E-state index in [0.29, 0.717) is 16.6 Å². The molecule has 1 aliphatic carbocycles. The van der Waals surface area contributed by atoms with Gasteiger partial charge in [-0.3, -0.25) is 9.40 Å². The quantitative estimate of drug-likeness (QED) is 0.758. The second kappa shape index (κ2) is 5.71. The molecule has 0 amide bonds. The molecule has 1 fully saturated rings. The van der Waals surface area contributed by atoms with E-state index in [2.05, 4.69) is 9.82 Å². The minimum atomic E-state index is -3.68. The largest absolute Gasteiger partial charge is 0.274 e. The first kappa shape index (κ1) is 15.3. The predicted molar refractivity (Wildman–Crippen MR) is 93.5 cm³/mol. The van der Waals surface area contributed by atoms with Crippen molar-refractivity contribution in [1.29, 1.82) is 0 Å². The highest BCUT2D eigenvalue weighted by molar-refractivity contribution is 7.93. The number of hydrogen-bond acceptors (Lipinski definition) is 5. The molecule has 1 aromatic carbocycles. The molecule has 0 saturated heterocycles. The first-order chi connectivity index (χ1) is 11.5. The van der Waals surface area contributed by atoms with Crippen molar-refractivity contribution in [3.8, 4) is 11.3 Å². The molecular weight excluding hydrogens is 344 g/mol. The van der Waals surface area contributed by atoms with Crippen LogP contribution in [0.4, 0.5) is 5.00 Å². The first-order valence-electron chi connectivity index (χ1n) is 7.60. The molecular formula is C16H16N4O2S2. The van der Waals surface area contributed by atoms with Gasteiger partial charge in [0.2, 0.25) is 0 Å². The third kappa shape index (κ3) is 2.94. The van der Waals surface area contributed by atoms with Crippen LogP contribution in [0.25, 0.3) is 11.3 Å². The molecule has 4 rings (SSSR count). The highest BCUT2D eigenvalue weighted by atomic mass is 32.2. The molecule has 1 saturated carbocycles. The van der Waals surface area contributed by atoms with Gasteiger partial charge in [-0.1, -0.05) is 41.7 Å². The van der Waals surface area contributed by atoms with Gasteiger partial charge in [0, 0.05) is 24.7 Å². The van der Waals surface area contributed by atoms with Crippen molar-refractivity contribution < 1.29 is 8.42 Å². The monoisotopic (exact) mass is 360 g/mol. The fourth-order valence-corrected chi connectivity index (χ4v) is 4.86. The van der Waals surface area contributed by atoms with E-state index in [1.807, 2.05) is 30.3 Å². The lowest BCUT2D eigenvalue weighted by Crippen LogP contribution is -2.12. The average Bonchev–Trinajstić information content (AvgIpc) is 3.19. The number of nitrogens with one attached hydrogen (secondary N) is 1. The van der Waals surface area contributed by atoms with Crippen molar-refractivity contribution >= 4 is 26.4 Å². The average molecular weight is 360 g/mol. The van der Waals surface area contributed by atoms with E-state index in [1.54, 1.807) is 7.05 Å². The van der Waals surface area contributed by atoms with Crippen LogP contribution in [-0.2, 0) is 17.1 Å². The van der Waals surface area contributed by atoms with Crippen molar-refractivity contribution in [2.24, 2.45) is 7.05 Å². The van der Waals surface area contributed by atoms with Crippen molar-refractivity contribution in [2.45, 2.75) is 23.7 Å². The SMILES string of the molecule is Cn1cc(S(=O)(=O)Nc2sc(C3CC3)nc2-c2ccccc2)cn1. The van der Waals surface area contributed by atoms with E-state index in [1.165, 1.54) is 28.4 Å². The summed E-state index contributed by atoms with van der Waals surface area (Å²) in [6, 6.07) is 9.65. The lowest BCUT2D eigenvalue weighted by molar-refractivity contribution is 0.601. The van der Waals surface area contributed by atoms with Crippen LogP contribution < -0.4 is 4.72 Å². The number of sulfonamides is 1. The van der Waals surface area contributed by atoms with E-state index in [-0.39, 0.29) is 4.90 Å². The van der Waals surface area contributed by atoms with Crippen molar-refractivity contribution in [3.05, 3.63) is 47.7 Å². The number of anilines is 1. The van der Waals surface area contributed by atoms with Gasteiger partial charge in [0.15, 0.2) is 0 Å². The van der Waals surface area contributed by atoms with Gasteiger partial charge < -0.3 is 0 Å². The summed E-state index contributed by atoms with van der Waals surface area (Å²) in [6.07, 6.45) is 5.06. The molecule has 8 heteroatoms. The van der Waals surface area contributed by atoms with Gasteiger partial charge in [-0.25, -0.2) is 13.4 Å². The number of rotatable bonds is 5. The molecule has 0 atom stereocenters. The molecule has 124 valence electrons. The Kier molecular flexibility index (Phi) is 3.65. The van der Waals surface area contributed by atoms with Crippen LogP contribution in [0.5, 0.6) is 0 Å². The maximum Gasteiger partial charge on any atom is 0.265 e. The minimum Gasteiger partial charge on any atom is -0.274 e. The Balaban J connectivity index is 1.74. The number of thiazole rings is 1. The standard InChI is InChI=1S/C16H16N4O2S2/c1-20-10-13(9-17-20)24(21,22)19-16-14(11-5-3-2-4-6-11)18-15(23-16)12-7-8-12/h2-6,9-10,12,19H,7-8H2,1H3. The lowest BCUT2D eigenvalue weighted by Gasteiger charge is -2.06. The number of hydrogen-bond donors (Lipinski definition) is 1. The zero-order valence-corrected chi connectivity index (χ0v) is 14.6. The third-order valence-corrected chi connectivity index (χ3v) is 6.40. The predicted octanol–water partition coefficient (Wildman–Crippen LogP) is 3.22. The summed E-state index contributed by atoms with van der Waals surface area (Å²) in [5.41, 5.74) is 1.60. The Labute approximate surface area is 144 Å². The first-order valence-corrected chi connectivity index (χ1v) is 9.90. The molecule has 6 nitrogen and oxygen atoms in total. The Hall–Kier alpha value is -2.19.